The number of methoxy groups -OCH3 is 1. The minimum Gasteiger partial charge on any atom is -0.369 e. The van der Waals surface area contributed by atoms with Gasteiger partial charge in [-0.3, -0.25) is 4.79 Å². The van der Waals surface area contributed by atoms with Gasteiger partial charge in [0.1, 0.15) is 5.60 Å². The van der Waals surface area contributed by atoms with Crippen molar-refractivity contribution in [3.8, 4) is 0 Å². The summed E-state index contributed by atoms with van der Waals surface area (Å²) >= 11 is 0. The fraction of sp³-hybridized carbons (Fsp3) is 0.909. The average Bonchev–Trinajstić information content (AvgIpc) is 2.28. The summed E-state index contributed by atoms with van der Waals surface area (Å²) in [6.07, 6.45) is 2.03. The van der Waals surface area contributed by atoms with Crippen molar-refractivity contribution >= 4 is 5.91 Å². The van der Waals surface area contributed by atoms with Crippen molar-refractivity contribution in [1.82, 2.24) is 4.90 Å². The van der Waals surface area contributed by atoms with E-state index in [9.17, 15) is 4.79 Å². The second kappa shape index (κ2) is 4.94. The zero-order valence-electron chi connectivity index (χ0n) is 9.95. The van der Waals surface area contributed by atoms with Crippen LogP contribution in [0.5, 0.6) is 0 Å². The SMILES string of the molecule is COC(C)(C)C(=O)N1CCC(CN)CC1. The maximum atomic E-state index is 12.0. The van der Waals surface area contributed by atoms with E-state index in [1.165, 1.54) is 0 Å². The molecule has 4 heteroatoms. The van der Waals surface area contributed by atoms with Crippen molar-refractivity contribution in [1.29, 1.82) is 0 Å². The molecule has 0 unspecified atom stereocenters. The smallest absolute Gasteiger partial charge is 0.254 e. The van der Waals surface area contributed by atoms with Crippen LogP contribution in [0.2, 0.25) is 0 Å². The second-order valence-corrected chi connectivity index (χ2v) is 4.69. The Balaban J connectivity index is 2.50. The maximum absolute atomic E-state index is 12.0. The molecule has 0 aliphatic carbocycles. The average molecular weight is 214 g/mol. The highest BCUT2D eigenvalue weighted by Crippen LogP contribution is 2.20. The molecule has 15 heavy (non-hydrogen) atoms. The van der Waals surface area contributed by atoms with E-state index in [4.69, 9.17) is 10.5 Å². The van der Waals surface area contributed by atoms with Crippen LogP contribution in [0.4, 0.5) is 0 Å². The van der Waals surface area contributed by atoms with Crippen LogP contribution >= 0.6 is 0 Å². The lowest BCUT2D eigenvalue weighted by Crippen LogP contribution is -2.49. The van der Waals surface area contributed by atoms with Gasteiger partial charge in [0.25, 0.3) is 5.91 Å². The summed E-state index contributed by atoms with van der Waals surface area (Å²) in [5.41, 5.74) is 4.91. The first-order valence-corrected chi connectivity index (χ1v) is 5.56. The molecule has 0 saturated carbocycles. The summed E-state index contributed by atoms with van der Waals surface area (Å²) in [5.74, 6) is 0.667. The number of likely N-dealkylation sites (tertiary alicyclic amines) is 1. The third kappa shape index (κ3) is 2.92. The van der Waals surface area contributed by atoms with Crippen molar-refractivity contribution in [3.63, 3.8) is 0 Å². The van der Waals surface area contributed by atoms with Crippen LogP contribution in [0.3, 0.4) is 0 Å². The summed E-state index contributed by atoms with van der Waals surface area (Å²) < 4.78 is 5.19. The molecule has 1 saturated heterocycles. The number of ether oxygens (including phenoxy) is 1. The third-order valence-electron chi connectivity index (χ3n) is 3.26. The predicted molar refractivity (Wildman–Crippen MR) is 59.4 cm³/mol. The Labute approximate surface area is 91.8 Å². The molecule has 1 heterocycles. The number of amides is 1. The number of carbonyl (C=O) groups excluding carboxylic acids is 1. The van der Waals surface area contributed by atoms with Gasteiger partial charge in [-0.1, -0.05) is 0 Å². The van der Waals surface area contributed by atoms with Gasteiger partial charge in [-0.05, 0) is 39.2 Å². The topological polar surface area (TPSA) is 55.6 Å². The monoisotopic (exact) mass is 214 g/mol. The summed E-state index contributed by atoms with van der Waals surface area (Å²) in [6.45, 7) is 5.98. The normalized spacial score (nSPS) is 19.3. The predicted octanol–water partition coefficient (Wildman–Crippen LogP) is 0.609. The van der Waals surface area contributed by atoms with Crippen LogP contribution in [-0.4, -0.2) is 43.2 Å². The van der Waals surface area contributed by atoms with Crippen LogP contribution in [0.15, 0.2) is 0 Å². The van der Waals surface area contributed by atoms with Gasteiger partial charge in [-0.2, -0.15) is 0 Å². The Hall–Kier alpha value is -0.610. The van der Waals surface area contributed by atoms with Gasteiger partial charge in [-0.15, -0.1) is 0 Å². The van der Waals surface area contributed by atoms with Crippen molar-refractivity contribution in [3.05, 3.63) is 0 Å². The first-order chi connectivity index (χ1) is 7.01. The minimum atomic E-state index is -0.699. The Morgan fingerprint density at radius 2 is 2.00 bits per heavy atom. The molecule has 1 rings (SSSR count). The number of hydrogen-bond acceptors (Lipinski definition) is 3. The first-order valence-electron chi connectivity index (χ1n) is 5.56. The van der Waals surface area contributed by atoms with Gasteiger partial charge in [0.15, 0.2) is 0 Å². The largest absolute Gasteiger partial charge is 0.369 e. The summed E-state index contributed by atoms with van der Waals surface area (Å²) in [7, 11) is 1.57. The van der Waals surface area contributed by atoms with Crippen molar-refractivity contribution < 1.29 is 9.53 Å². The molecule has 1 aliphatic rings. The van der Waals surface area contributed by atoms with E-state index in [0.717, 1.165) is 32.5 Å². The molecule has 1 amide bonds. The van der Waals surface area contributed by atoms with Crippen molar-refractivity contribution in [2.75, 3.05) is 26.7 Å². The zero-order chi connectivity index (χ0) is 11.5. The van der Waals surface area contributed by atoms with Crippen LogP contribution in [-0.2, 0) is 9.53 Å². The van der Waals surface area contributed by atoms with E-state index in [-0.39, 0.29) is 5.91 Å². The quantitative estimate of drug-likeness (QED) is 0.749. The van der Waals surface area contributed by atoms with E-state index in [0.29, 0.717) is 5.92 Å². The summed E-state index contributed by atoms with van der Waals surface area (Å²) in [4.78, 5) is 13.9. The Bertz CT molecular complexity index is 221. The van der Waals surface area contributed by atoms with Crippen LogP contribution in [0.1, 0.15) is 26.7 Å². The lowest BCUT2D eigenvalue weighted by Gasteiger charge is -2.36. The maximum Gasteiger partial charge on any atom is 0.254 e. The molecule has 0 aromatic rings. The van der Waals surface area contributed by atoms with Crippen molar-refractivity contribution in [2.45, 2.75) is 32.3 Å². The Kier molecular flexibility index (Phi) is 4.11. The highest BCUT2D eigenvalue weighted by molar-refractivity contribution is 5.84. The number of carbonyl (C=O) groups is 1. The Morgan fingerprint density at radius 1 is 1.47 bits per heavy atom. The van der Waals surface area contributed by atoms with Crippen molar-refractivity contribution in [2.24, 2.45) is 11.7 Å². The van der Waals surface area contributed by atoms with Gasteiger partial charge in [0.05, 0.1) is 0 Å². The number of nitrogens with zero attached hydrogens (tertiary/aromatic N) is 1. The molecule has 0 aromatic carbocycles. The van der Waals surface area contributed by atoms with E-state index in [2.05, 4.69) is 0 Å². The van der Waals surface area contributed by atoms with E-state index < -0.39 is 5.60 Å². The highest BCUT2D eigenvalue weighted by atomic mass is 16.5. The Morgan fingerprint density at radius 3 is 2.40 bits per heavy atom. The minimum absolute atomic E-state index is 0.0838. The molecule has 0 spiro atoms. The fourth-order valence-electron chi connectivity index (χ4n) is 1.84. The number of piperidine rings is 1. The van der Waals surface area contributed by atoms with E-state index >= 15 is 0 Å². The molecule has 88 valence electrons. The molecule has 2 N–H and O–H groups in total. The standard InChI is InChI=1S/C11H22N2O2/c1-11(2,15-3)10(14)13-6-4-9(8-12)5-7-13/h9H,4-8,12H2,1-3H3. The molecular weight excluding hydrogens is 192 g/mol. The highest BCUT2D eigenvalue weighted by Gasteiger charge is 2.33. The molecule has 0 aromatic heterocycles. The number of hydrogen-bond donors (Lipinski definition) is 1. The van der Waals surface area contributed by atoms with Gasteiger partial charge in [0.2, 0.25) is 0 Å². The van der Waals surface area contributed by atoms with Gasteiger partial charge >= 0.3 is 0 Å². The van der Waals surface area contributed by atoms with E-state index in [1.54, 1.807) is 7.11 Å². The molecule has 1 aliphatic heterocycles. The van der Waals surface area contributed by atoms with Gasteiger partial charge < -0.3 is 15.4 Å². The molecule has 0 radical (unpaired) electrons. The number of rotatable bonds is 3. The molecule has 0 bridgehead atoms. The third-order valence-corrected chi connectivity index (χ3v) is 3.26. The molecule has 0 atom stereocenters. The van der Waals surface area contributed by atoms with Crippen LogP contribution < -0.4 is 5.73 Å². The van der Waals surface area contributed by atoms with Crippen LogP contribution in [0, 0.1) is 5.92 Å². The summed E-state index contributed by atoms with van der Waals surface area (Å²) in [5, 5.41) is 0. The fourth-order valence-corrected chi connectivity index (χ4v) is 1.84. The van der Waals surface area contributed by atoms with E-state index in [1.807, 2.05) is 18.7 Å². The van der Waals surface area contributed by atoms with Gasteiger partial charge in [0, 0.05) is 20.2 Å². The second-order valence-electron chi connectivity index (χ2n) is 4.69. The molecule has 4 nitrogen and oxygen atoms in total. The lowest BCUT2D eigenvalue weighted by atomic mass is 9.95. The zero-order valence-corrected chi connectivity index (χ0v) is 9.95. The number of nitrogens with two attached hydrogens (primary N) is 1. The van der Waals surface area contributed by atoms with Crippen LogP contribution in [0.25, 0.3) is 0 Å². The summed E-state index contributed by atoms with van der Waals surface area (Å²) in [6, 6.07) is 0. The first kappa shape index (κ1) is 12.5. The molecular formula is C11H22N2O2. The molecule has 1 fully saturated rings. The van der Waals surface area contributed by atoms with Gasteiger partial charge in [-0.25, -0.2) is 0 Å². The lowest BCUT2D eigenvalue weighted by molar-refractivity contribution is -0.152.